The van der Waals surface area contributed by atoms with E-state index in [9.17, 15) is 18.0 Å². The predicted molar refractivity (Wildman–Crippen MR) is 137 cm³/mol. The fraction of sp³-hybridized carbons (Fsp3) is 0.259. The van der Waals surface area contributed by atoms with Gasteiger partial charge in [-0.25, -0.2) is 8.42 Å². The third-order valence-corrected chi connectivity index (χ3v) is 7.69. The molecular formula is C27H29N3O4S. The van der Waals surface area contributed by atoms with E-state index in [-0.39, 0.29) is 22.6 Å². The minimum atomic E-state index is -3.79. The molecule has 35 heavy (non-hydrogen) atoms. The maximum atomic E-state index is 13.1. The van der Waals surface area contributed by atoms with Crippen LogP contribution in [0.4, 0.5) is 11.4 Å². The third kappa shape index (κ3) is 5.89. The maximum Gasteiger partial charge on any atom is 0.261 e. The van der Waals surface area contributed by atoms with Crippen LogP contribution in [0.3, 0.4) is 0 Å². The molecule has 0 aromatic heterocycles. The van der Waals surface area contributed by atoms with Gasteiger partial charge in [-0.2, -0.15) is 0 Å². The number of rotatable bonds is 6. The molecule has 1 atom stereocenters. The lowest BCUT2D eigenvalue weighted by Crippen LogP contribution is -2.43. The summed E-state index contributed by atoms with van der Waals surface area (Å²) < 4.78 is 28.2. The zero-order valence-corrected chi connectivity index (χ0v) is 20.6. The summed E-state index contributed by atoms with van der Waals surface area (Å²) in [5.74, 6) is -0.615. The Hall–Kier alpha value is -3.65. The summed E-state index contributed by atoms with van der Waals surface area (Å²) in [7, 11) is -3.79. The number of nitrogens with one attached hydrogen (secondary N) is 2. The first-order valence-electron chi connectivity index (χ1n) is 11.6. The van der Waals surface area contributed by atoms with E-state index in [1.54, 1.807) is 17.0 Å². The lowest BCUT2D eigenvalue weighted by atomic mass is 9.96. The Balaban J connectivity index is 1.41. The Labute approximate surface area is 206 Å². The van der Waals surface area contributed by atoms with Crippen molar-refractivity contribution < 1.29 is 18.0 Å². The van der Waals surface area contributed by atoms with Gasteiger partial charge in [-0.1, -0.05) is 24.3 Å². The minimum absolute atomic E-state index is 0.0750. The summed E-state index contributed by atoms with van der Waals surface area (Å²) >= 11 is 0. The molecule has 0 aliphatic carbocycles. The van der Waals surface area contributed by atoms with Crippen molar-refractivity contribution in [3.8, 4) is 0 Å². The number of likely N-dealkylation sites (tertiary alicyclic amines) is 1. The number of carbonyl (C=O) groups is 2. The van der Waals surface area contributed by atoms with Crippen molar-refractivity contribution in [1.82, 2.24) is 4.90 Å². The summed E-state index contributed by atoms with van der Waals surface area (Å²) in [4.78, 5) is 27.5. The van der Waals surface area contributed by atoms with Crippen molar-refractivity contribution in [1.29, 1.82) is 0 Å². The number of aryl methyl sites for hydroxylation is 2. The van der Waals surface area contributed by atoms with E-state index in [1.807, 2.05) is 50.2 Å². The molecule has 0 radical (unpaired) electrons. The SMILES string of the molecule is Cc1ccc(NS(=O)(=O)c2ccc(C(=O)N3CCC[C@@H](C(=O)Nc4ccccc4)C3)cc2)cc1C. The van der Waals surface area contributed by atoms with Crippen molar-refractivity contribution in [2.45, 2.75) is 31.6 Å². The maximum absolute atomic E-state index is 13.1. The second kappa shape index (κ2) is 10.3. The molecule has 4 rings (SSSR count). The van der Waals surface area contributed by atoms with Gasteiger partial charge in [0, 0.05) is 30.0 Å². The standard InChI is InChI=1S/C27H29N3O4S/c1-19-10-13-24(17-20(19)2)29-35(33,34)25-14-11-21(12-15-25)27(32)30-16-6-7-22(18-30)26(31)28-23-8-4-3-5-9-23/h3-5,8-15,17,22,29H,6-7,16,18H2,1-2H3,(H,28,31)/t22-/m1/s1. The molecule has 2 amide bonds. The average Bonchev–Trinajstić information content (AvgIpc) is 2.86. The van der Waals surface area contributed by atoms with Gasteiger partial charge in [-0.15, -0.1) is 0 Å². The van der Waals surface area contributed by atoms with Crippen LogP contribution in [0.25, 0.3) is 0 Å². The average molecular weight is 492 g/mol. The van der Waals surface area contributed by atoms with Crippen LogP contribution >= 0.6 is 0 Å². The van der Waals surface area contributed by atoms with Crippen molar-refractivity contribution in [3.63, 3.8) is 0 Å². The summed E-state index contributed by atoms with van der Waals surface area (Å²) in [6, 6.07) is 20.5. The Morgan fingerprint density at radius 3 is 2.29 bits per heavy atom. The summed E-state index contributed by atoms with van der Waals surface area (Å²) in [6.07, 6.45) is 1.44. The monoisotopic (exact) mass is 491 g/mol. The molecule has 0 saturated carbocycles. The van der Waals surface area contributed by atoms with Gasteiger partial charge < -0.3 is 10.2 Å². The zero-order chi connectivity index (χ0) is 25.0. The number of anilines is 2. The van der Waals surface area contributed by atoms with E-state index in [0.717, 1.165) is 23.2 Å². The lowest BCUT2D eigenvalue weighted by molar-refractivity contribution is -0.121. The Morgan fingerprint density at radius 2 is 1.60 bits per heavy atom. The minimum Gasteiger partial charge on any atom is -0.338 e. The van der Waals surface area contributed by atoms with E-state index >= 15 is 0 Å². The van der Waals surface area contributed by atoms with Crippen LogP contribution in [0, 0.1) is 19.8 Å². The van der Waals surface area contributed by atoms with Crippen LogP contribution in [0.1, 0.15) is 34.3 Å². The van der Waals surface area contributed by atoms with E-state index in [4.69, 9.17) is 0 Å². The molecule has 7 nitrogen and oxygen atoms in total. The molecule has 3 aromatic carbocycles. The zero-order valence-electron chi connectivity index (χ0n) is 19.8. The highest BCUT2D eigenvalue weighted by atomic mass is 32.2. The number of para-hydroxylation sites is 1. The molecule has 1 aliphatic heterocycles. The first-order valence-corrected chi connectivity index (χ1v) is 13.1. The summed E-state index contributed by atoms with van der Waals surface area (Å²) in [6.45, 7) is 4.77. The third-order valence-electron chi connectivity index (χ3n) is 6.29. The highest BCUT2D eigenvalue weighted by molar-refractivity contribution is 7.92. The highest BCUT2D eigenvalue weighted by Gasteiger charge is 2.29. The smallest absolute Gasteiger partial charge is 0.261 e. The second-order valence-corrected chi connectivity index (χ2v) is 10.6. The molecular weight excluding hydrogens is 462 g/mol. The van der Waals surface area contributed by atoms with Crippen LogP contribution < -0.4 is 10.0 Å². The fourth-order valence-electron chi connectivity index (χ4n) is 4.12. The molecule has 8 heteroatoms. The first kappa shape index (κ1) is 24.5. The highest BCUT2D eigenvalue weighted by Crippen LogP contribution is 2.23. The molecule has 2 N–H and O–H groups in total. The number of hydrogen-bond donors (Lipinski definition) is 2. The van der Waals surface area contributed by atoms with E-state index in [2.05, 4.69) is 10.0 Å². The van der Waals surface area contributed by atoms with Gasteiger partial charge in [0.25, 0.3) is 15.9 Å². The topological polar surface area (TPSA) is 95.6 Å². The van der Waals surface area contributed by atoms with Crippen molar-refractivity contribution in [3.05, 3.63) is 89.5 Å². The van der Waals surface area contributed by atoms with Crippen LogP contribution in [-0.4, -0.2) is 38.2 Å². The number of hydrogen-bond acceptors (Lipinski definition) is 4. The molecule has 1 aliphatic rings. The van der Waals surface area contributed by atoms with Crippen molar-refractivity contribution in [2.75, 3.05) is 23.1 Å². The molecule has 1 heterocycles. The van der Waals surface area contributed by atoms with Gasteiger partial charge >= 0.3 is 0 Å². The van der Waals surface area contributed by atoms with E-state index in [0.29, 0.717) is 30.8 Å². The van der Waals surface area contributed by atoms with E-state index in [1.165, 1.54) is 24.3 Å². The summed E-state index contributed by atoms with van der Waals surface area (Å²) in [5, 5.41) is 2.91. The number of piperidine rings is 1. The second-order valence-electron chi connectivity index (χ2n) is 8.87. The van der Waals surface area contributed by atoms with Crippen LogP contribution in [0.15, 0.2) is 77.7 Å². The number of amides is 2. The summed E-state index contributed by atoms with van der Waals surface area (Å²) in [5.41, 5.74) is 3.67. The Kier molecular flexibility index (Phi) is 7.21. The fourth-order valence-corrected chi connectivity index (χ4v) is 5.17. The molecule has 3 aromatic rings. The van der Waals surface area contributed by atoms with Crippen LogP contribution in [0.5, 0.6) is 0 Å². The molecule has 1 saturated heterocycles. The van der Waals surface area contributed by atoms with Gasteiger partial charge in [-0.3, -0.25) is 14.3 Å². The molecule has 1 fully saturated rings. The predicted octanol–water partition coefficient (Wildman–Crippen LogP) is 4.60. The number of nitrogens with zero attached hydrogens (tertiary/aromatic N) is 1. The first-order chi connectivity index (χ1) is 16.7. The Bertz CT molecular complexity index is 1320. The van der Waals surface area contributed by atoms with E-state index < -0.39 is 10.0 Å². The van der Waals surface area contributed by atoms with Crippen LogP contribution in [-0.2, 0) is 14.8 Å². The molecule has 0 spiro atoms. The number of carbonyl (C=O) groups excluding carboxylic acids is 2. The number of benzene rings is 3. The van der Waals surface area contributed by atoms with Crippen molar-refractivity contribution in [2.24, 2.45) is 5.92 Å². The number of sulfonamides is 1. The van der Waals surface area contributed by atoms with Crippen molar-refractivity contribution >= 4 is 33.2 Å². The van der Waals surface area contributed by atoms with Gasteiger partial charge in [0.05, 0.1) is 10.8 Å². The van der Waals surface area contributed by atoms with Gasteiger partial charge in [0.2, 0.25) is 5.91 Å². The quantitative estimate of drug-likeness (QED) is 0.527. The van der Waals surface area contributed by atoms with Gasteiger partial charge in [-0.05, 0) is 86.3 Å². The van der Waals surface area contributed by atoms with Crippen LogP contribution in [0.2, 0.25) is 0 Å². The molecule has 182 valence electrons. The van der Waals surface area contributed by atoms with Gasteiger partial charge in [0.1, 0.15) is 0 Å². The van der Waals surface area contributed by atoms with Gasteiger partial charge in [0.15, 0.2) is 0 Å². The lowest BCUT2D eigenvalue weighted by Gasteiger charge is -2.32. The normalized spacial score (nSPS) is 15.9. The molecule has 0 unspecified atom stereocenters. The Morgan fingerprint density at radius 1 is 0.886 bits per heavy atom. The largest absolute Gasteiger partial charge is 0.338 e. The molecule has 0 bridgehead atoms.